The average Bonchev–Trinajstić information content (AvgIpc) is 3.55. The Morgan fingerprint density at radius 3 is 1.62 bits per heavy atom. The zero-order valence-corrected chi connectivity index (χ0v) is 23.6. The third kappa shape index (κ3) is 9.11. The van der Waals surface area contributed by atoms with Crippen molar-refractivity contribution in [1.29, 1.82) is 0 Å². The van der Waals surface area contributed by atoms with E-state index in [4.69, 9.17) is 27.9 Å². The van der Waals surface area contributed by atoms with Gasteiger partial charge < -0.3 is 29.7 Å². The Morgan fingerprint density at radius 1 is 0.762 bits per heavy atom. The summed E-state index contributed by atoms with van der Waals surface area (Å²) >= 11 is 12.0. The third-order valence-electron chi connectivity index (χ3n) is 5.49. The number of hydrogen-bond donors (Lipinski definition) is 3. The number of esters is 4. The number of carbonyl (C=O) groups is 4. The molecular formula is C29H26Cl2N2O9. The minimum absolute atomic E-state index is 0.0318. The van der Waals surface area contributed by atoms with Gasteiger partial charge in [-0.3, -0.25) is 4.99 Å². The zero-order valence-electron chi connectivity index (χ0n) is 22.1. The van der Waals surface area contributed by atoms with Gasteiger partial charge in [-0.1, -0.05) is 65.7 Å². The van der Waals surface area contributed by atoms with Crippen LogP contribution in [0, 0.1) is 0 Å². The van der Waals surface area contributed by atoms with Crippen molar-refractivity contribution in [3.05, 3.63) is 100 Å². The lowest BCUT2D eigenvalue weighted by atomic mass is 10.2. The van der Waals surface area contributed by atoms with Crippen LogP contribution in [-0.2, 0) is 19.1 Å². The molecule has 42 heavy (non-hydrogen) atoms. The Kier molecular flexibility index (Phi) is 12.0. The molecule has 0 saturated carbocycles. The lowest BCUT2D eigenvalue weighted by molar-refractivity contribution is -0.166. The van der Waals surface area contributed by atoms with E-state index in [0.717, 1.165) is 18.9 Å². The number of nitrogens with one attached hydrogen (secondary N) is 1. The molecule has 11 nitrogen and oxygen atoms in total. The summed E-state index contributed by atoms with van der Waals surface area (Å²) in [7, 11) is 0. The molecule has 3 unspecified atom stereocenters. The number of carbonyl (C=O) groups excluding carboxylic acids is 4. The van der Waals surface area contributed by atoms with Gasteiger partial charge in [-0.15, -0.1) is 0 Å². The molecule has 3 aromatic rings. The number of rotatable bonds is 8. The van der Waals surface area contributed by atoms with Gasteiger partial charge in [0.15, 0.2) is 24.1 Å². The number of aliphatic hydroxyl groups excluding tert-OH is 2. The van der Waals surface area contributed by atoms with E-state index in [-0.39, 0.29) is 17.2 Å². The van der Waals surface area contributed by atoms with Gasteiger partial charge in [0.25, 0.3) is 0 Å². The molecule has 0 radical (unpaired) electrons. The van der Waals surface area contributed by atoms with Crippen LogP contribution in [0.4, 0.5) is 0 Å². The first-order valence-electron chi connectivity index (χ1n) is 12.5. The van der Waals surface area contributed by atoms with E-state index in [9.17, 15) is 29.4 Å². The lowest BCUT2D eigenvalue weighted by Gasteiger charge is -2.16. The van der Waals surface area contributed by atoms with Gasteiger partial charge in [0.1, 0.15) is 5.84 Å². The van der Waals surface area contributed by atoms with Crippen LogP contribution in [0.25, 0.3) is 0 Å². The van der Waals surface area contributed by atoms with Crippen LogP contribution in [0.1, 0.15) is 27.6 Å². The second-order valence-electron chi connectivity index (χ2n) is 8.54. The van der Waals surface area contributed by atoms with E-state index in [0.29, 0.717) is 15.8 Å². The average molecular weight is 617 g/mol. The summed E-state index contributed by atoms with van der Waals surface area (Å²) in [4.78, 5) is 51.1. The first-order valence-corrected chi connectivity index (χ1v) is 13.2. The number of benzene rings is 3. The highest BCUT2D eigenvalue weighted by Gasteiger charge is 2.35. The summed E-state index contributed by atoms with van der Waals surface area (Å²) in [6.07, 6.45) is -4.97. The van der Waals surface area contributed by atoms with Crippen LogP contribution in [-0.4, -0.2) is 71.3 Å². The van der Waals surface area contributed by atoms with Crippen molar-refractivity contribution in [2.75, 3.05) is 13.1 Å². The van der Waals surface area contributed by atoms with E-state index < -0.39 is 36.1 Å². The van der Waals surface area contributed by atoms with E-state index >= 15 is 0 Å². The normalized spacial score (nSPS) is 14.1. The number of nitrogens with zero attached hydrogens (tertiary/aromatic N) is 1. The fourth-order valence-electron chi connectivity index (χ4n) is 3.34. The number of aliphatic hydroxyl groups is 2. The van der Waals surface area contributed by atoms with E-state index in [2.05, 4.69) is 19.8 Å². The second-order valence-corrected chi connectivity index (χ2v) is 9.36. The second kappa shape index (κ2) is 15.6. The largest absolute Gasteiger partial charge is 0.480 e. The molecule has 220 valence electrons. The molecule has 1 aliphatic rings. The summed E-state index contributed by atoms with van der Waals surface area (Å²) in [6, 6.07) is 20.1. The topological polar surface area (TPSA) is 161 Å². The molecule has 3 aromatic carbocycles. The summed E-state index contributed by atoms with van der Waals surface area (Å²) < 4.78 is 14.5. The van der Waals surface area contributed by atoms with E-state index in [1.54, 1.807) is 30.3 Å². The highest BCUT2D eigenvalue weighted by atomic mass is 35.5. The van der Waals surface area contributed by atoms with Crippen molar-refractivity contribution >= 4 is 52.9 Å². The molecule has 0 amide bonds. The Bertz CT molecular complexity index is 1350. The maximum atomic E-state index is 11.7. The van der Waals surface area contributed by atoms with Crippen molar-refractivity contribution in [2.45, 2.75) is 25.2 Å². The Hall–Kier alpha value is -4.29. The zero-order chi connectivity index (χ0) is 30.6. The molecule has 1 aliphatic heterocycles. The van der Waals surface area contributed by atoms with Gasteiger partial charge in [-0.2, -0.15) is 0 Å². The summed E-state index contributed by atoms with van der Waals surface area (Å²) in [5.41, 5.74) is 0.0637. The van der Waals surface area contributed by atoms with Crippen LogP contribution in [0.15, 0.2) is 83.9 Å². The van der Waals surface area contributed by atoms with E-state index in [1.807, 2.05) is 6.92 Å². The van der Waals surface area contributed by atoms with Crippen molar-refractivity contribution < 1.29 is 43.6 Å². The monoisotopic (exact) mass is 616 g/mol. The van der Waals surface area contributed by atoms with Crippen molar-refractivity contribution in [3.8, 4) is 5.75 Å². The Balaban J connectivity index is 0.000000258. The van der Waals surface area contributed by atoms with Crippen LogP contribution in [0.5, 0.6) is 5.75 Å². The SMILES string of the molecule is CC(Oc1c(Cl)cccc1Cl)C1=NCCN1.O=C(OC(=O)C(O)C(O)C(=O)OC(=O)c1ccccc1)c1ccccc1. The number of hydrogen-bond acceptors (Lipinski definition) is 11. The minimum atomic E-state index is -2.40. The maximum Gasteiger partial charge on any atom is 0.346 e. The van der Waals surface area contributed by atoms with E-state index in [1.165, 1.54) is 48.5 Å². The molecule has 0 saturated heterocycles. The van der Waals surface area contributed by atoms with Crippen LogP contribution in [0.2, 0.25) is 10.0 Å². The molecule has 3 N–H and O–H groups in total. The first kappa shape index (κ1) is 32.2. The molecule has 0 spiro atoms. The van der Waals surface area contributed by atoms with Crippen molar-refractivity contribution in [2.24, 2.45) is 4.99 Å². The van der Waals surface area contributed by atoms with Crippen LogP contribution in [0.3, 0.4) is 0 Å². The molecule has 13 heteroatoms. The number of ether oxygens (including phenoxy) is 3. The number of halogens is 2. The first-order chi connectivity index (χ1) is 20.1. The number of para-hydroxylation sites is 1. The van der Waals surface area contributed by atoms with Gasteiger partial charge in [0, 0.05) is 6.54 Å². The Morgan fingerprint density at radius 2 is 1.21 bits per heavy atom. The summed E-state index contributed by atoms with van der Waals surface area (Å²) in [5.74, 6) is -3.91. The van der Waals surface area contributed by atoms with Gasteiger partial charge in [0.2, 0.25) is 0 Å². The van der Waals surface area contributed by atoms with Gasteiger partial charge >= 0.3 is 23.9 Å². The van der Waals surface area contributed by atoms with Gasteiger partial charge in [0.05, 0.1) is 27.7 Å². The Labute approximate surface area is 250 Å². The predicted molar refractivity (Wildman–Crippen MR) is 153 cm³/mol. The van der Waals surface area contributed by atoms with Crippen LogP contribution < -0.4 is 10.1 Å². The fourth-order valence-corrected chi connectivity index (χ4v) is 3.83. The molecule has 0 aliphatic carbocycles. The van der Waals surface area contributed by atoms with Gasteiger partial charge in [-0.05, 0) is 43.3 Å². The lowest BCUT2D eigenvalue weighted by Crippen LogP contribution is -2.43. The minimum Gasteiger partial charge on any atom is -0.480 e. The highest BCUT2D eigenvalue weighted by molar-refractivity contribution is 6.37. The van der Waals surface area contributed by atoms with Crippen molar-refractivity contribution in [3.63, 3.8) is 0 Å². The van der Waals surface area contributed by atoms with Crippen molar-refractivity contribution in [1.82, 2.24) is 5.32 Å². The van der Waals surface area contributed by atoms with Gasteiger partial charge in [-0.25, -0.2) is 19.2 Å². The molecule has 0 aromatic heterocycles. The summed E-state index contributed by atoms with van der Waals surface area (Å²) in [5, 5.41) is 23.5. The van der Waals surface area contributed by atoms with Crippen LogP contribution >= 0.6 is 23.2 Å². The molecule has 3 atom stereocenters. The fraction of sp³-hybridized carbons (Fsp3) is 0.207. The molecular weight excluding hydrogens is 591 g/mol. The predicted octanol–water partition coefficient (Wildman–Crippen LogP) is 3.24. The third-order valence-corrected chi connectivity index (χ3v) is 6.08. The molecule has 0 fully saturated rings. The summed E-state index contributed by atoms with van der Waals surface area (Å²) in [6.45, 7) is 3.56. The number of aliphatic imine (C=N–C) groups is 1. The smallest absolute Gasteiger partial charge is 0.346 e. The quantitative estimate of drug-likeness (QED) is 0.253. The molecule has 4 rings (SSSR count). The number of amidine groups is 1. The maximum absolute atomic E-state index is 11.7. The standard InChI is InChI=1S/C18H14O8.C11H12Cl2N2O/c19-13(17(23)25-15(21)11-7-3-1-4-8-11)14(20)18(24)26-16(22)12-9-5-2-6-10-12;1-7(11-14-5-6-15-11)16-10-8(12)3-2-4-9(10)13/h1-10,13-14,19-20H;2-4,7H,5-6H2,1H3,(H,14,15). The molecule has 0 bridgehead atoms. The highest BCUT2D eigenvalue weighted by Crippen LogP contribution is 2.33. The molecule has 1 heterocycles.